The first kappa shape index (κ1) is 55.2. The third-order valence-corrected chi connectivity index (χ3v) is 12.7. The number of hydrogen-bond donors (Lipinski definition) is 7. The molecule has 0 aliphatic carbocycles. The fraction of sp³-hybridized carbons (Fsp3) is 0.140. The zero-order valence-electron chi connectivity index (χ0n) is 38.3. The summed E-state index contributed by atoms with van der Waals surface area (Å²) >= 11 is 0. The first-order chi connectivity index (χ1) is 32.3. The van der Waals surface area contributed by atoms with Crippen LogP contribution in [0.15, 0.2) is 177 Å². The molecule has 2 aliphatic rings. The maximum Gasteiger partial charge on any atom is 2.00 e. The van der Waals surface area contributed by atoms with E-state index < -0.39 is 30.4 Å². The Kier molecular flexibility index (Phi) is 19.0. The molecule has 8 rings (SSSR count). The van der Waals surface area contributed by atoms with Gasteiger partial charge in [0.1, 0.15) is 0 Å². The molecule has 0 unspecified atom stereocenters. The van der Waals surface area contributed by atoms with Crippen molar-refractivity contribution in [1.29, 1.82) is 0 Å². The Morgan fingerprint density at radius 3 is 1.43 bits per heavy atom. The number of anilines is 1. The van der Waals surface area contributed by atoms with Gasteiger partial charge in [-0.25, -0.2) is 4.99 Å². The van der Waals surface area contributed by atoms with Gasteiger partial charge in [0.2, 0.25) is 0 Å². The van der Waals surface area contributed by atoms with Crippen molar-refractivity contribution in [1.82, 2.24) is 9.97 Å². The van der Waals surface area contributed by atoms with Crippen LogP contribution >= 0.6 is 0 Å². The molecule has 1 radical (unpaired) electrons. The van der Waals surface area contributed by atoms with Crippen molar-refractivity contribution in [3.63, 3.8) is 0 Å². The summed E-state index contributed by atoms with van der Waals surface area (Å²) in [5.41, 5.74) is 24.9. The molecule has 2 aromatic heterocycles. The van der Waals surface area contributed by atoms with Crippen molar-refractivity contribution < 1.29 is 56.0 Å². The summed E-state index contributed by atoms with van der Waals surface area (Å²) in [6, 6.07) is 31.3. The van der Waals surface area contributed by atoms with E-state index >= 15 is 0 Å². The zero-order chi connectivity index (χ0) is 50.0. The van der Waals surface area contributed by atoms with Crippen molar-refractivity contribution in [3.8, 4) is 0 Å². The van der Waals surface area contributed by atoms with Crippen LogP contribution < -0.4 is 32.9 Å². The van der Waals surface area contributed by atoms with E-state index in [1.807, 2.05) is 44.2 Å². The molecule has 0 fully saturated rings. The van der Waals surface area contributed by atoms with Gasteiger partial charge >= 0.3 is 17.1 Å². The van der Waals surface area contributed by atoms with Crippen LogP contribution in [-0.4, -0.2) is 56.7 Å². The molecule has 0 saturated carbocycles. The van der Waals surface area contributed by atoms with Gasteiger partial charge in [-0.3, -0.25) is 13.7 Å². The molecule has 15 nitrogen and oxygen atoms in total. The summed E-state index contributed by atoms with van der Waals surface area (Å²) < 4.78 is 101. The van der Waals surface area contributed by atoms with Crippen LogP contribution in [0.1, 0.15) is 74.2 Å². The van der Waals surface area contributed by atoms with Crippen LogP contribution in [0.3, 0.4) is 0 Å². The molecular formula is C50H53MnN6O9S3+. The van der Waals surface area contributed by atoms with Crippen molar-refractivity contribution in [2.45, 2.75) is 55.2 Å². The van der Waals surface area contributed by atoms with E-state index in [1.165, 1.54) is 74.1 Å². The molecule has 4 heterocycles. The van der Waals surface area contributed by atoms with E-state index in [4.69, 9.17) is 21.4 Å². The largest absolute Gasteiger partial charge is 2.00 e. The van der Waals surface area contributed by atoms with E-state index in [0.29, 0.717) is 89.4 Å². The van der Waals surface area contributed by atoms with Gasteiger partial charge in [0.25, 0.3) is 30.4 Å². The summed E-state index contributed by atoms with van der Waals surface area (Å²) in [7, 11) is -12.0. The SMILES string of the molecule is CC.CCC.CN.NC1=C(/c2ccc(N)cc2)c2ccc([n-]2)/C(c2ccc(S(=O)(=O)O)cc2)=C2/C=CC(=N2)/C(c2ccc(S(=O)(=O)O)cc2)=c2/cc/c([nH]2)=C(\c2ccc(S(=O)(=O)O)cc2)C/C=C\1.[Mn+2]. The molecule has 6 aromatic rings. The van der Waals surface area contributed by atoms with E-state index in [2.05, 4.69) is 24.6 Å². The molecule has 0 atom stereocenters. The van der Waals surface area contributed by atoms with Crippen LogP contribution in [0.5, 0.6) is 0 Å². The number of benzene rings is 4. The number of aromatic nitrogens is 2. The summed E-state index contributed by atoms with van der Waals surface area (Å²) in [5, 5.41) is 1.18. The summed E-state index contributed by atoms with van der Waals surface area (Å²) in [6.45, 7) is 8.25. The number of H-pyrrole nitrogens is 1. The molecule has 4 aromatic carbocycles. The fourth-order valence-electron chi connectivity index (χ4n) is 7.16. The Labute approximate surface area is 413 Å². The monoisotopic (exact) mass is 1030 g/mol. The summed E-state index contributed by atoms with van der Waals surface area (Å²) in [5.74, 6) is 0. The average Bonchev–Trinajstić information content (AvgIpc) is 4.11. The number of nitrogens with zero attached hydrogens (tertiary/aromatic N) is 2. The maximum atomic E-state index is 12.0. The fourth-order valence-corrected chi connectivity index (χ4v) is 8.60. The van der Waals surface area contributed by atoms with Crippen molar-refractivity contribution >= 4 is 64.0 Å². The second-order valence-corrected chi connectivity index (χ2v) is 19.0. The zero-order valence-corrected chi connectivity index (χ0v) is 41.9. The second kappa shape index (κ2) is 23.8. The van der Waals surface area contributed by atoms with Gasteiger partial charge < -0.3 is 27.2 Å². The van der Waals surface area contributed by atoms with E-state index in [9.17, 15) is 38.9 Å². The van der Waals surface area contributed by atoms with Crippen molar-refractivity contribution in [2.24, 2.45) is 16.5 Å². The minimum Gasteiger partial charge on any atom is -0.657 e. The Morgan fingerprint density at radius 1 is 0.551 bits per heavy atom. The maximum absolute atomic E-state index is 12.0. The van der Waals surface area contributed by atoms with Gasteiger partial charge in [-0.15, -0.1) is 11.4 Å². The molecule has 0 amide bonds. The van der Waals surface area contributed by atoms with Crippen LogP contribution in [-0.2, 0) is 47.4 Å². The van der Waals surface area contributed by atoms with E-state index in [0.717, 1.165) is 0 Å². The normalized spacial score (nSPS) is 17.8. The number of nitrogens with two attached hydrogens (primary N) is 3. The Hall–Kier alpha value is -6.38. The summed E-state index contributed by atoms with van der Waals surface area (Å²) in [4.78, 5) is 12.7. The molecule has 361 valence electrons. The molecule has 0 saturated heterocycles. The van der Waals surface area contributed by atoms with E-state index in [1.54, 1.807) is 54.6 Å². The number of allylic oxidation sites excluding steroid dienone is 4. The van der Waals surface area contributed by atoms with Crippen molar-refractivity contribution in [3.05, 3.63) is 201 Å². The molecule has 6 bridgehead atoms. The van der Waals surface area contributed by atoms with Crippen LogP contribution in [0.2, 0.25) is 0 Å². The minimum absolute atomic E-state index is 0. The second-order valence-electron chi connectivity index (χ2n) is 14.7. The van der Waals surface area contributed by atoms with E-state index in [-0.39, 0.29) is 38.2 Å². The average molecular weight is 1030 g/mol. The first-order valence-corrected chi connectivity index (χ1v) is 25.6. The van der Waals surface area contributed by atoms with Crippen molar-refractivity contribution in [2.75, 3.05) is 12.8 Å². The standard InChI is InChI=1S/C44H34N5O9S3.C3H8.C2H6.CH5N.Mn/c45-30-12-4-27(5-13-30)42-35(46)3-1-2-34(26-6-14-31(15-7-26)59(50,51)52)36-20-21-38(47-36)43(28-8-16-32(17-9-28)60(53,54)55)40-24-25-41(49-40)44(39-23-22-37(42)48-39)29-10-18-33(19-11-29)61(56,57)58;1-3-2;2*1-2;/h1,3-25,47H,2,45-46H2,(H,50,51,52)(H,53,54,55)(H,56,57,58);3H2,1-2H3;1-2H3;2H2,1H3;/q-1;;;;+2/b3-1-,36-34+,42-35-,43-38-,44-41-;;;;. The number of nitrogen functional groups attached to an aromatic ring is 1. The molecule has 69 heavy (non-hydrogen) atoms. The number of fused-ring (bicyclic) bond motifs is 5. The van der Waals surface area contributed by atoms with Gasteiger partial charge in [0.15, 0.2) is 0 Å². The number of hydrogen-bond acceptors (Lipinski definition) is 10. The minimum atomic E-state index is -4.51. The Bertz CT molecular complexity index is 3410. The third kappa shape index (κ3) is 13.2. The van der Waals surface area contributed by atoms with Crippen LogP contribution in [0, 0.1) is 0 Å². The molecular weight excluding hydrogens is 980 g/mol. The van der Waals surface area contributed by atoms with Crippen LogP contribution in [0.25, 0.3) is 22.3 Å². The topological polar surface area (TPSA) is 283 Å². The van der Waals surface area contributed by atoms with Gasteiger partial charge in [-0.05, 0) is 131 Å². The van der Waals surface area contributed by atoms with Gasteiger partial charge in [-0.2, -0.15) is 25.3 Å². The quantitative estimate of drug-likeness (QED) is 0.0490. The summed E-state index contributed by atoms with van der Waals surface area (Å²) in [6.07, 6.45) is 8.64. The predicted molar refractivity (Wildman–Crippen MR) is 268 cm³/mol. The molecule has 0 spiro atoms. The number of aliphatic imine (C=N–C) groups is 1. The molecule has 10 N–H and O–H groups in total. The number of nitrogens with one attached hydrogen (secondary N) is 1. The molecule has 2 aliphatic heterocycles. The Balaban J connectivity index is 0.00000123. The predicted octanol–water partition coefficient (Wildman–Crippen LogP) is 6.86. The first-order valence-electron chi connectivity index (χ1n) is 21.3. The van der Waals surface area contributed by atoms with Gasteiger partial charge in [0, 0.05) is 27.7 Å². The number of rotatable bonds is 7. The van der Waals surface area contributed by atoms with Crippen LogP contribution in [0.4, 0.5) is 5.69 Å². The van der Waals surface area contributed by atoms with Gasteiger partial charge in [0.05, 0.1) is 26.1 Å². The third-order valence-electron chi connectivity index (χ3n) is 10.1. The number of aromatic amines is 1. The smallest absolute Gasteiger partial charge is 0.657 e. The Morgan fingerprint density at radius 2 is 0.957 bits per heavy atom. The molecule has 19 heteroatoms. The van der Waals surface area contributed by atoms with Gasteiger partial charge in [-0.1, -0.05) is 101 Å².